The molecule has 1 aromatic rings. The first kappa shape index (κ1) is 15.8. The molecule has 2 rings (SSSR count). The quantitative estimate of drug-likeness (QED) is 0.340. The zero-order valence-electron chi connectivity index (χ0n) is 12.5. The maximum absolute atomic E-state index is 11.7. The smallest absolute Gasteiger partial charge is 0.268 e. The number of hydrogen-bond donors (Lipinski definition) is 4. The van der Waals surface area contributed by atoms with E-state index in [1.54, 1.807) is 24.3 Å². The summed E-state index contributed by atoms with van der Waals surface area (Å²) < 4.78 is 0. The zero-order chi connectivity index (χ0) is 16.1. The summed E-state index contributed by atoms with van der Waals surface area (Å²) in [6.45, 7) is 2.42. The predicted molar refractivity (Wildman–Crippen MR) is 84.6 cm³/mol. The molecular formula is C15H21N5O2. The number of benzene rings is 1. The Morgan fingerprint density at radius 2 is 1.95 bits per heavy atom. The number of nitrogens with zero attached hydrogens (tertiary/aromatic N) is 1. The monoisotopic (exact) mass is 303 g/mol. The average Bonchev–Trinajstić information content (AvgIpc) is 3.31. The molecule has 118 valence electrons. The normalized spacial score (nSPS) is 14.4. The topological polar surface area (TPSA) is 113 Å². The van der Waals surface area contributed by atoms with Crippen molar-refractivity contribution in [2.45, 2.75) is 25.8 Å². The van der Waals surface area contributed by atoms with E-state index in [0.29, 0.717) is 17.8 Å². The van der Waals surface area contributed by atoms with E-state index in [1.807, 2.05) is 6.92 Å². The van der Waals surface area contributed by atoms with Crippen molar-refractivity contribution >= 4 is 17.5 Å². The van der Waals surface area contributed by atoms with Gasteiger partial charge in [-0.2, -0.15) is 0 Å². The molecule has 22 heavy (non-hydrogen) atoms. The predicted octanol–water partition coefficient (Wildman–Crippen LogP) is 0.195. The van der Waals surface area contributed by atoms with Gasteiger partial charge in [-0.15, -0.1) is 0 Å². The van der Waals surface area contributed by atoms with Gasteiger partial charge in [-0.05, 0) is 44.0 Å². The van der Waals surface area contributed by atoms with Crippen LogP contribution in [0.15, 0.2) is 36.2 Å². The van der Waals surface area contributed by atoms with Gasteiger partial charge in [-0.1, -0.05) is 0 Å². The summed E-state index contributed by atoms with van der Waals surface area (Å²) in [5.41, 5.74) is 6.92. The van der Waals surface area contributed by atoms with E-state index in [2.05, 4.69) is 10.6 Å². The Kier molecular flexibility index (Phi) is 5.00. The minimum Gasteiger partial charge on any atom is -0.393 e. The van der Waals surface area contributed by atoms with Gasteiger partial charge < -0.3 is 16.4 Å². The van der Waals surface area contributed by atoms with Gasteiger partial charge in [0.25, 0.3) is 11.8 Å². The van der Waals surface area contributed by atoms with Crippen LogP contribution in [0.5, 0.6) is 0 Å². The lowest BCUT2D eigenvalue weighted by Gasteiger charge is -2.15. The Bertz CT molecular complexity index is 578. The molecule has 1 fully saturated rings. The molecule has 6 N–H and O–H groups in total. The molecule has 0 spiro atoms. The van der Waals surface area contributed by atoms with Crippen LogP contribution in [0.4, 0.5) is 5.69 Å². The standard InChI is InChI=1S/C15H21N5O2/c1-2-18-14(21)10-3-7-12(8-4-10)20(17)9-13(16)15(22)19-11-5-6-11/h3-4,7-9,11H,2,5-6,16-17H2,1H3,(H,18,21)(H,19,22)/b13-9-. The third kappa shape index (κ3) is 4.23. The lowest BCUT2D eigenvalue weighted by Crippen LogP contribution is -2.34. The number of nitrogens with one attached hydrogen (secondary N) is 2. The van der Waals surface area contributed by atoms with Gasteiger partial charge in [-0.3, -0.25) is 14.6 Å². The number of hydrogen-bond acceptors (Lipinski definition) is 5. The Hall–Kier alpha value is -2.54. The van der Waals surface area contributed by atoms with Crippen molar-refractivity contribution in [2.24, 2.45) is 11.6 Å². The van der Waals surface area contributed by atoms with Gasteiger partial charge in [0.05, 0.1) is 5.69 Å². The molecule has 0 saturated heterocycles. The van der Waals surface area contributed by atoms with E-state index in [0.717, 1.165) is 12.8 Å². The van der Waals surface area contributed by atoms with E-state index in [1.165, 1.54) is 11.2 Å². The fourth-order valence-electron chi connectivity index (χ4n) is 1.83. The molecule has 0 atom stereocenters. The summed E-state index contributed by atoms with van der Waals surface area (Å²) in [6, 6.07) is 6.94. The van der Waals surface area contributed by atoms with Crippen LogP contribution in [-0.2, 0) is 4.79 Å². The van der Waals surface area contributed by atoms with Crippen LogP contribution < -0.4 is 27.2 Å². The highest BCUT2D eigenvalue weighted by Gasteiger charge is 2.24. The SMILES string of the molecule is CCNC(=O)c1ccc(N(N)/C=C(\N)C(=O)NC2CC2)cc1. The number of nitrogens with two attached hydrogens (primary N) is 2. The molecule has 7 heteroatoms. The van der Waals surface area contributed by atoms with Gasteiger partial charge in [0, 0.05) is 24.4 Å². The molecule has 0 bridgehead atoms. The first-order chi connectivity index (χ1) is 10.5. The van der Waals surface area contributed by atoms with Crippen LogP contribution in [0, 0.1) is 0 Å². The number of amides is 2. The number of rotatable bonds is 6. The molecule has 2 amide bonds. The van der Waals surface area contributed by atoms with Crippen molar-refractivity contribution in [3.05, 3.63) is 41.7 Å². The van der Waals surface area contributed by atoms with Crippen molar-refractivity contribution in [3.63, 3.8) is 0 Å². The number of carbonyl (C=O) groups excluding carboxylic acids is 2. The third-order valence-corrected chi connectivity index (χ3v) is 3.22. The second kappa shape index (κ2) is 6.95. The summed E-state index contributed by atoms with van der Waals surface area (Å²) >= 11 is 0. The Balaban J connectivity index is 2.00. The van der Waals surface area contributed by atoms with Crippen LogP contribution in [0.1, 0.15) is 30.1 Å². The highest BCUT2D eigenvalue weighted by atomic mass is 16.2. The number of anilines is 1. The third-order valence-electron chi connectivity index (χ3n) is 3.22. The Labute approximate surface area is 129 Å². The van der Waals surface area contributed by atoms with Crippen molar-refractivity contribution < 1.29 is 9.59 Å². The van der Waals surface area contributed by atoms with Gasteiger partial charge in [0.2, 0.25) is 0 Å². The first-order valence-electron chi connectivity index (χ1n) is 7.21. The first-order valence-corrected chi connectivity index (χ1v) is 7.21. The minimum absolute atomic E-state index is 0.0437. The minimum atomic E-state index is -0.322. The number of carbonyl (C=O) groups is 2. The Morgan fingerprint density at radius 3 is 2.50 bits per heavy atom. The maximum Gasteiger partial charge on any atom is 0.268 e. The maximum atomic E-state index is 11.7. The van der Waals surface area contributed by atoms with Crippen LogP contribution in [0.2, 0.25) is 0 Å². The molecule has 0 radical (unpaired) electrons. The molecule has 0 heterocycles. The van der Waals surface area contributed by atoms with E-state index in [-0.39, 0.29) is 23.6 Å². The van der Waals surface area contributed by atoms with E-state index in [4.69, 9.17) is 11.6 Å². The zero-order valence-corrected chi connectivity index (χ0v) is 12.5. The van der Waals surface area contributed by atoms with Crippen LogP contribution in [0.25, 0.3) is 0 Å². The molecule has 0 aliphatic heterocycles. The van der Waals surface area contributed by atoms with Crippen LogP contribution >= 0.6 is 0 Å². The molecule has 1 aliphatic carbocycles. The molecule has 0 aromatic heterocycles. The van der Waals surface area contributed by atoms with Crippen molar-refractivity contribution in [2.75, 3.05) is 11.6 Å². The van der Waals surface area contributed by atoms with E-state index in [9.17, 15) is 9.59 Å². The highest BCUT2D eigenvalue weighted by Crippen LogP contribution is 2.19. The summed E-state index contributed by atoms with van der Waals surface area (Å²) in [6.07, 6.45) is 3.35. The lowest BCUT2D eigenvalue weighted by atomic mass is 10.2. The molecule has 1 aromatic carbocycles. The second-order valence-electron chi connectivity index (χ2n) is 5.15. The van der Waals surface area contributed by atoms with Crippen molar-refractivity contribution in [1.29, 1.82) is 0 Å². The van der Waals surface area contributed by atoms with Crippen LogP contribution in [0.3, 0.4) is 0 Å². The van der Waals surface area contributed by atoms with Crippen molar-refractivity contribution in [1.82, 2.24) is 10.6 Å². The van der Waals surface area contributed by atoms with Crippen molar-refractivity contribution in [3.8, 4) is 0 Å². The fraction of sp³-hybridized carbons (Fsp3) is 0.333. The van der Waals surface area contributed by atoms with E-state index < -0.39 is 0 Å². The largest absolute Gasteiger partial charge is 0.393 e. The van der Waals surface area contributed by atoms with Gasteiger partial charge >= 0.3 is 0 Å². The van der Waals surface area contributed by atoms with E-state index >= 15 is 0 Å². The highest BCUT2D eigenvalue weighted by molar-refractivity contribution is 5.95. The lowest BCUT2D eigenvalue weighted by molar-refractivity contribution is -0.117. The second-order valence-corrected chi connectivity index (χ2v) is 5.15. The summed E-state index contributed by atoms with van der Waals surface area (Å²) in [7, 11) is 0. The summed E-state index contributed by atoms with van der Waals surface area (Å²) in [5, 5.41) is 6.75. The van der Waals surface area contributed by atoms with Gasteiger partial charge in [0.1, 0.15) is 5.70 Å². The molecular weight excluding hydrogens is 282 g/mol. The Morgan fingerprint density at radius 1 is 1.32 bits per heavy atom. The fourth-order valence-corrected chi connectivity index (χ4v) is 1.83. The molecule has 7 nitrogen and oxygen atoms in total. The van der Waals surface area contributed by atoms with Gasteiger partial charge in [-0.25, -0.2) is 5.84 Å². The molecule has 1 saturated carbocycles. The van der Waals surface area contributed by atoms with Crippen LogP contribution in [-0.4, -0.2) is 24.4 Å². The molecule has 0 unspecified atom stereocenters. The summed E-state index contributed by atoms with van der Waals surface area (Å²) in [4.78, 5) is 23.4. The molecule has 1 aliphatic rings. The summed E-state index contributed by atoms with van der Waals surface area (Å²) in [5.74, 6) is 5.40. The number of hydrazine groups is 1. The average molecular weight is 303 g/mol. The van der Waals surface area contributed by atoms with Gasteiger partial charge in [0.15, 0.2) is 0 Å².